The highest BCUT2D eigenvalue weighted by Crippen LogP contribution is 2.23. The fourth-order valence-electron chi connectivity index (χ4n) is 1.92. The summed E-state index contributed by atoms with van der Waals surface area (Å²) in [4.78, 5) is 30.7. The smallest absolute Gasteiger partial charge is 0.350 e. The highest BCUT2D eigenvalue weighted by Gasteiger charge is 2.18. The number of nitrogens with zero attached hydrogens (tertiary/aromatic N) is 2. The number of carbonyl (C=O) groups excluding carboxylic acids is 2. The molecule has 0 saturated heterocycles. The summed E-state index contributed by atoms with van der Waals surface area (Å²) in [5.41, 5.74) is 0.580. The molecule has 0 unspecified atom stereocenters. The molecule has 1 amide bonds. The van der Waals surface area contributed by atoms with Crippen LogP contribution in [0.25, 0.3) is 0 Å². The van der Waals surface area contributed by atoms with E-state index in [9.17, 15) is 9.59 Å². The summed E-state index contributed by atoms with van der Waals surface area (Å²) in [7, 11) is 2.01. The molecule has 0 aromatic carbocycles. The van der Waals surface area contributed by atoms with Crippen molar-refractivity contribution in [2.75, 3.05) is 25.5 Å². The van der Waals surface area contributed by atoms with Crippen LogP contribution in [0.4, 0.5) is 5.13 Å². The fraction of sp³-hybridized carbons (Fsp3) is 0.688. The van der Waals surface area contributed by atoms with Gasteiger partial charge in [0.25, 0.3) is 0 Å². The minimum atomic E-state index is -0.394. The van der Waals surface area contributed by atoms with Gasteiger partial charge >= 0.3 is 5.97 Å². The number of ether oxygens (including phenoxy) is 1. The predicted molar refractivity (Wildman–Crippen MR) is 93.1 cm³/mol. The van der Waals surface area contributed by atoms with Crippen molar-refractivity contribution in [1.82, 2.24) is 9.88 Å². The van der Waals surface area contributed by atoms with Crippen LogP contribution in [0.1, 0.15) is 55.4 Å². The first kappa shape index (κ1) is 19.6. The molecule has 0 saturated carbocycles. The Labute approximate surface area is 142 Å². The third kappa shape index (κ3) is 7.09. The van der Waals surface area contributed by atoms with Gasteiger partial charge in [-0.1, -0.05) is 24.7 Å². The van der Waals surface area contributed by atoms with Gasteiger partial charge in [0, 0.05) is 13.0 Å². The monoisotopic (exact) mass is 341 g/mol. The topological polar surface area (TPSA) is 71.5 Å². The lowest BCUT2D eigenvalue weighted by Crippen LogP contribution is -2.25. The van der Waals surface area contributed by atoms with Gasteiger partial charge in [-0.2, -0.15) is 0 Å². The highest BCUT2D eigenvalue weighted by molar-refractivity contribution is 7.17. The molecule has 1 heterocycles. The molecule has 0 bridgehead atoms. The van der Waals surface area contributed by atoms with Crippen LogP contribution in [-0.4, -0.2) is 48.0 Å². The number of unbranched alkanes of at least 4 members (excludes halogenated alkanes) is 1. The van der Waals surface area contributed by atoms with Crippen molar-refractivity contribution in [3.63, 3.8) is 0 Å². The van der Waals surface area contributed by atoms with Gasteiger partial charge < -0.3 is 15.0 Å². The Bertz CT molecular complexity index is 529. The molecule has 0 radical (unpaired) electrons. The summed E-state index contributed by atoms with van der Waals surface area (Å²) in [5.74, 6) is -0.485. The summed E-state index contributed by atoms with van der Waals surface area (Å²) in [6.07, 6.45) is 2.50. The molecular weight excluding hydrogens is 314 g/mol. The molecule has 0 fully saturated rings. The van der Waals surface area contributed by atoms with E-state index in [0.29, 0.717) is 28.7 Å². The lowest BCUT2D eigenvalue weighted by atomic mass is 10.3. The van der Waals surface area contributed by atoms with Gasteiger partial charge in [0.1, 0.15) is 4.88 Å². The summed E-state index contributed by atoms with van der Waals surface area (Å²) in [5, 5.41) is 3.20. The van der Waals surface area contributed by atoms with E-state index in [1.54, 1.807) is 20.8 Å². The van der Waals surface area contributed by atoms with Crippen LogP contribution in [0.5, 0.6) is 0 Å². The molecule has 0 spiro atoms. The molecule has 1 rings (SSSR count). The average Bonchev–Trinajstić information content (AvgIpc) is 2.82. The van der Waals surface area contributed by atoms with Gasteiger partial charge in [-0.05, 0) is 40.8 Å². The maximum atomic E-state index is 12.0. The molecule has 1 N–H and O–H groups in total. The molecule has 0 aliphatic heterocycles. The van der Waals surface area contributed by atoms with Crippen molar-refractivity contribution < 1.29 is 14.3 Å². The van der Waals surface area contributed by atoms with Crippen LogP contribution in [-0.2, 0) is 9.53 Å². The SMILES string of the molecule is CCCCN(C)CCC(=O)Nc1nc(C)c(C(=O)OC(C)C)s1. The number of rotatable bonds is 9. The maximum absolute atomic E-state index is 12.0. The molecule has 130 valence electrons. The van der Waals surface area contributed by atoms with E-state index < -0.39 is 5.97 Å². The van der Waals surface area contributed by atoms with Crippen molar-refractivity contribution in [3.8, 4) is 0 Å². The van der Waals surface area contributed by atoms with Crippen LogP contribution < -0.4 is 5.32 Å². The van der Waals surface area contributed by atoms with Gasteiger partial charge in [-0.25, -0.2) is 9.78 Å². The zero-order valence-electron chi connectivity index (χ0n) is 14.6. The number of thiazole rings is 1. The Morgan fingerprint density at radius 1 is 1.35 bits per heavy atom. The largest absolute Gasteiger partial charge is 0.459 e. The number of carbonyl (C=O) groups is 2. The second-order valence-electron chi connectivity index (χ2n) is 5.84. The minimum absolute atomic E-state index is 0.0918. The number of esters is 1. The Morgan fingerprint density at radius 3 is 2.65 bits per heavy atom. The van der Waals surface area contributed by atoms with Gasteiger partial charge in [0.15, 0.2) is 5.13 Å². The number of aryl methyl sites for hydroxylation is 1. The Hall–Kier alpha value is -1.47. The van der Waals surface area contributed by atoms with Crippen LogP contribution in [0.2, 0.25) is 0 Å². The number of nitrogens with one attached hydrogen (secondary N) is 1. The van der Waals surface area contributed by atoms with Crippen molar-refractivity contribution in [1.29, 1.82) is 0 Å². The van der Waals surface area contributed by atoms with Crippen LogP contribution >= 0.6 is 11.3 Å². The summed E-state index contributed by atoms with van der Waals surface area (Å²) < 4.78 is 5.16. The summed E-state index contributed by atoms with van der Waals surface area (Å²) >= 11 is 1.15. The minimum Gasteiger partial charge on any atom is -0.459 e. The molecular formula is C16H27N3O3S. The van der Waals surface area contributed by atoms with Crippen LogP contribution in [0, 0.1) is 6.92 Å². The number of aromatic nitrogens is 1. The van der Waals surface area contributed by atoms with Gasteiger partial charge in [-0.15, -0.1) is 0 Å². The molecule has 0 atom stereocenters. The van der Waals surface area contributed by atoms with Crippen molar-refractivity contribution in [2.24, 2.45) is 0 Å². The van der Waals surface area contributed by atoms with E-state index in [1.165, 1.54) is 0 Å². The Morgan fingerprint density at radius 2 is 2.04 bits per heavy atom. The molecule has 23 heavy (non-hydrogen) atoms. The zero-order chi connectivity index (χ0) is 17.4. The Balaban J connectivity index is 2.51. The lowest BCUT2D eigenvalue weighted by molar-refractivity contribution is -0.116. The van der Waals surface area contributed by atoms with Crippen molar-refractivity contribution in [2.45, 2.75) is 53.1 Å². The molecule has 7 heteroatoms. The van der Waals surface area contributed by atoms with Crippen molar-refractivity contribution >= 4 is 28.3 Å². The van der Waals surface area contributed by atoms with E-state index >= 15 is 0 Å². The number of hydrogen-bond acceptors (Lipinski definition) is 6. The molecule has 1 aromatic rings. The van der Waals surface area contributed by atoms with Gasteiger partial charge in [0.2, 0.25) is 5.91 Å². The van der Waals surface area contributed by atoms with E-state index in [2.05, 4.69) is 22.1 Å². The second-order valence-corrected chi connectivity index (χ2v) is 6.84. The lowest BCUT2D eigenvalue weighted by Gasteiger charge is -2.15. The first-order chi connectivity index (χ1) is 10.8. The molecule has 1 aromatic heterocycles. The quantitative estimate of drug-likeness (QED) is 0.699. The van der Waals surface area contributed by atoms with E-state index in [-0.39, 0.29) is 12.0 Å². The third-order valence-electron chi connectivity index (χ3n) is 3.19. The second kappa shape index (κ2) is 9.62. The number of amides is 1. The average molecular weight is 341 g/mol. The number of anilines is 1. The van der Waals surface area contributed by atoms with Gasteiger partial charge in [0.05, 0.1) is 11.8 Å². The van der Waals surface area contributed by atoms with Gasteiger partial charge in [-0.3, -0.25) is 4.79 Å². The molecule has 0 aliphatic rings. The molecule has 6 nitrogen and oxygen atoms in total. The molecule has 0 aliphatic carbocycles. The first-order valence-corrected chi connectivity index (χ1v) is 8.82. The van der Waals surface area contributed by atoms with Crippen LogP contribution in [0.3, 0.4) is 0 Å². The maximum Gasteiger partial charge on any atom is 0.350 e. The van der Waals surface area contributed by atoms with E-state index in [4.69, 9.17) is 4.74 Å². The predicted octanol–water partition coefficient (Wildman–Crippen LogP) is 3.08. The zero-order valence-corrected chi connectivity index (χ0v) is 15.5. The summed E-state index contributed by atoms with van der Waals surface area (Å²) in [6.45, 7) is 9.18. The van der Waals surface area contributed by atoms with E-state index in [1.807, 2.05) is 7.05 Å². The Kier molecular flexibility index (Phi) is 8.19. The fourth-order valence-corrected chi connectivity index (χ4v) is 2.79. The first-order valence-electron chi connectivity index (χ1n) is 8.00. The third-order valence-corrected chi connectivity index (χ3v) is 4.24. The number of hydrogen-bond donors (Lipinski definition) is 1. The van der Waals surface area contributed by atoms with Crippen molar-refractivity contribution in [3.05, 3.63) is 10.6 Å². The highest BCUT2D eigenvalue weighted by atomic mass is 32.1. The van der Waals surface area contributed by atoms with E-state index in [0.717, 1.165) is 30.7 Å². The van der Waals surface area contributed by atoms with Crippen LogP contribution in [0.15, 0.2) is 0 Å². The standard InChI is InChI=1S/C16H27N3O3S/c1-6-7-9-19(5)10-8-13(20)18-16-17-12(4)14(23-16)15(21)22-11(2)3/h11H,6-10H2,1-5H3,(H,17,18,20). The summed E-state index contributed by atoms with van der Waals surface area (Å²) in [6, 6.07) is 0. The normalized spacial score (nSPS) is 11.1.